The Morgan fingerprint density at radius 2 is 0.727 bits per heavy atom. The summed E-state index contributed by atoms with van der Waals surface area (Å²) >= 11 is 0. The summed E-state index contributed by atoms with van der Waals surface area (Å²) in [6.45, 7) is 0. The normalized spacial score (nSPS) is 11.1. The summed E-state index contributed by atoms with van der Waals surface area (Å²) in [5.41, 5.74) is 0.0796. The first kappa shape index (κ1) is 49.3. The zero-order chi connectivity index (χ0) is 44.5. The second kappa shape index (κ2) is 22.4. The van der Waals surface area contributed by atoms with Crippen LogP contribution in [0.4, 0.5) is 23.0 Å². The van der Waals surface area contributed by atoms with Crippen molar-refractivity contribution in [2.24, 2.45) is 0 Å². The summed E-state index contributed by atoms with van der Waals surface area (Å²) in [6, 6.07) is 45.7. The van der Waals surface area contributed by atoms with Crippen LogP contribution in [0.25, 0.3) is 12.2 Å². The van der Waals surface area contributed by atoms with E-state index >= 15 is 0 Å². The molecule has 0 aliphatic heterocycles. The fourth-order valence-electron chi connectivity index (χ4n) is 5.95. The van der Waals surface area contributed by atoms with Crippen LogP contribution in [0.5, 0.6) is 46.8 Å². The molecule has 0 aliphatic rings. The van der Waals surface area contributed by atoms with Gasteiger partial charge in [-0.2, -0.15) is 19.9 Å². The SMILES string of the molecule is O=S(=O)([O-])c1cc(Nc2cc(Oc3ccccc3)nc(Oc3ccccc3)n2)ccc1/C=C/c1ccc(Nc2cc(Oc3ccccc3)nc(Oc3ccccc3)n2)cc1S(=O)(=O)[O-].[Na+].[Na+]. The predicted molar refractivity (Wildman–Crippen MR) is 234 cm³/mol. The molecule has 320 valence electrons. The smallest absolute Gasteiger partial charge is 0.744 e. The molecule has 0 bridgehead atoms. The molecule has 8 aromatic rings. The minimum Gasteiger partial charge on any atom is -0.744 e. The van der Waals surface area contributed by atoms with Crippen molar-refractivity contribution in [3.05, 3.63) is 181 Å². The van der Waals surface area contributed by atoms with Crippen molar-refractivity contribution in [3.8, 4) is 46.8 Å². The number of rotatable bonds is 16. The molecular weight excluding hydrogens is 907 g/mol. The maximum Gasteiger partial charge on any atom is 1.00 e. The molecule has 0 saturated carbocycles. The Labute approximate surface area is 423 Å². The fourth-order valence-corrected chi connectivity index (χ4v) is 7.34. The number of benzene rings is 6. The van der Waals surface area contributed by atoms with Gasteiger partial charge in [-0.15, -0.1) is 0 Å². The maximum atomic E-state index is 12.6. The van der Waals surface area contributed by atoms with E-state index in [1.165, 1.54) is 48.6 Å². The molecule has 8 rings (SSSR count). The topological polar surface area (TPSA) is 227 Å². The van der Waals surface area contributed by atoms with E-state index in [4.69, 9.17) is 18.9 Å². The van der Waals surface area contributed by atoms with Gasteiger partial charge in [-0.25, -0.2) is 16.8 Å². The van der Waals surface area contributed by atoms with Gasteiger partial charge in [0, 0.05) is 23.5 Å². The van der Waals surface area contributed by atoms with Crippen LogP contribution in [0.1, 0.15) is 11.1 Å². The van der Waals surface area contributed by atoms with E-state index in [2.05, 4.69) is 30.6 Å². The maximum absolute atomic E-state index is 12.6. The van der Waals surface area contributed by atoms with E-state index in [0.717, 1.165) is 12.1 Å². The molecule has 0 fully saturated rings. The summed E-state index contributed by atoms with van der Waals surface area (Å²) in [5.74, 6) is 2.29. The Kier molecular flexibility index (Phi) is 16.7. The van der Waals surface area contributed by atoms with Gasteiger partial charge in [0.2, 0.25) is 11.8 Å². The number of nitrogens with one attached hydrogen (secondary N) is 2. The molecule has 66 heavy (non-hydrogen) atoms. The quantitative estimate of drug-likeness (QED) is 0.0796. The molecule has 0 spiro atoms. The standard InChI is InChI=1S/C46H34N6O10S2.2Na/c53-63(54,55)39-27-33(47-41-29-43(59-35-13-5-1-6-14-35)51-45(49-41)61-37-17-9-3-10-18-37)25-23-31(39)21-22-32-24-26-34(28-40(32)64(56,57)58)48-42-30-44(60-36-15-7-2-8-16-36)52-46(50-42)62-38-19-11-4-12-20-38;;/h1-30H,(H,47,49,51)(H,48,50,52)(H,53,54,55)(H,56,57,58);;/q;2*+1/p-2/b22-21+;;. The van der Waals surface area contributed by atoms with Gasteiger partial charge in [-0.1, -0.05) is 97.1 Å². The Morgan fingerprint density at radius 1 is 0.409 bits per heavy atom. The van der Waals surface area contributed by atoms with Gasteiger partial charge in [0.15, 0.2) is 0 Å². The van der Waals surface area contributed by atoms with Crippen molar-refractivity contribution in [2.45, 2.75) is 9.79 Å². The number of anilines is 4. The van der Waals surface area contributed by atoms with Crippen molar-refractivity contribution in [3.63, 3.8) is 0 Å². The minimum absolute atomic E-state index is 0. The first-order valence-electron chi connectivity index (χ1n) is 19.0. The predicted octanol–water partition coefficient (Wildman–Crippen LogP) is 3.91. The van der Waals surface area contributed by atoms with Crippen LogP contribution < -0.4 is 88.7 Å². The number of hydrogen-bond acceptors (Lipinski definition) is 16. The molecule has 16 nitrogen and oxygen atoms in total. The summed E-state index contributed by atoms with van der Waals surface area (Å²) in [4.78, 5) is 16.1. The minimum atomic E-state index is -5.12. The molecular formula is C46H32N6Na2O10S2. The second-order valence-corrected chi connectivity index (χ2v) is 16.1. The Hall–Kier alpha value is -6.16. The third kappa shape index (κ3) is 13.7. The number of aromatic nitrogens is 4. The molecule has 0 aliphatic carbocycles. The molecule has 0 amide bonds. The van der Waals surface area contributed by atoms with Gasteiger partial charge in [0.1, 0.15) is 54.9 Å². The molecule has 20 heteroatoms. The average molecular weight is 939 g/mol. The third-order valence-corrected chi connectivity index (χ3v) is 10.5. The van der Waals surface area contributed by atoms with Gasteiger partial charge >= 0.3 is 71.1 Å². The Balaban J connectivity index is 0.00000360. The van der Waals surface area contributed by atoms with Gasteiger partial charge in [0.05, 0.1) is 9.79 Å². The van der Waals surface area contributed by atoms with E-state index in [-0.39, 0.29) is 117 Å². The Morgan fingerprint density at radius 3 is 1.05 bits per heavy atom. The van der Waals surface area contributed by atoms with E-state index < -0.39 is 30.0 Å². The largest absolute Gasteiger partial charge is 1.00 e. The van der Waals surface area contributed by atoms with Crippen molar-refractivity contribution < 1.29 is 104 Å². The third-order valence-electron chi connectivity index (χ3n) is 8.75. The molecule has 6 aromatic carbocycles. The molecule has 0 atom stereocenters. The summed E-state index contributed by atoms with van der Waals surface area (Å²) in [5, 5.41) is 5.93. The van der Waals surface area contributed by atoms with Crippen molar-refractivity contribution >= 4 is 55.4 Å². The van der Waals surface area contributed by atoms with Crippen LogP contribution in [0, 0.1) is 0 Å². The van der Waals surface area contributed by atoms with Crippen molar-refractivity contribution in [1.82, 2.24) is 19.9 Å². The number of ether oxygens (including phenoxy) is 4. The molecule has 0 saturated heterocycles. The Bertz CT molecular complexity index is 2850. The molecule has 0 radical (unpaired) electrons. The summed E-state index contributed by atoms with van der Waals surface area (Å²) in [6.07, 6.45) is 2.41. The molecule has 2 aromatic heterocycles. The van der Waals surface area contributed by atoms with E-state index in [0.29, 0.717) is 23.0 Å². The van der Waals surface area contributed by atoms with Crippen LogP contribution in [0.15, 0.2) is 180 Å². The van der Waals surface area contributed by atoms with Gasteiger partial charge in [0.25, 0.3) is 0 Å². The monoisotopic (exact) mass is 938 g/mol. The zero-order valence-electron chi connectivity index (χ0n) is 35.0. The van der Waals surface area contributed by atoms with Crippen LogP contribution in [0.2, 0.25) is 0 Å². The van der Waals surface area contributed by atoms with Crippen LogP contribution in [-0.4, -0.2) is 45.9 Å². The number of hydrogen-bond donors (Lipinski definition) is 2. The van der Waals surface area contributed by atoms with Gasteiger partial charge < -0.3 is 38.7 Å². The first-order chi connectivity index (χ1) is 30.9. The van der Waals surface area contributed by atoms with E-state index in [1.807, 2.05) is 24.3 Å². The van der Waals surface area contributed by atoms with E-state index in [9.17, 15) is 25.9 Å². The molecule has 0 unspecified atom stereocenters. The number of nitrogens with zero attached hydrogens (tertiary/aromatic N) is 4. The van der Waals surface area contributed by atoms with Crippen LogP contribution in [0.3, 0.4) is 0 Å². The summed E-state index contributed by atoms with van der Waals surface area (Å²) < 4.78 is 99.2. The fraction of sp³-hybridized carbons (Fsp3) is 0. The van der Waals surface area contributed by atoms with Crippen molar-refractivity contribution in [2.75, 3.05) is 10.6 Å². The first-order valence-corrected chi connectivity index (χ1v) is 21.8. The van der Waals surface area contributed by atoms with Crippen LogP contribution in [-0.2, 0) is 20.2 Å². The molecule has 2 heterocycles. The average Bonchev–Trinajstić information content (AvgIpc) is 3.27. The molecule has 2 N–H and O–H groups in total. The summed E-state index contributed by atoms with van der Waals surface area (Å²) in [7, 11) is -10.2. The second-order valence-electron chi connectivity index (χ2n) is 13.4. The van der Waals surface area contributed by atoms with Crippen molar-refractivity contribution in [1.29, 1.82) is 0 Å². The van der Waals surface area contributed by atoms with Gasteiger partial charge in [-0.05, 0) is 83.9 Å². The van der Waals surface area contributed by atoms with Gasteiger partial charge in [-0.3, -0.25) is 0 Å². The zero-order valence-corrected chi connectivity index (χ0v) is 40.6. The number of para-hydroxylation sites is 4. The van der Waals surface area contributed by atoms with E-state index in [1.54, 1.807) is 97.1 Å². The van der Waals surface area contributed by atoms with Crippen LogP contribution >= 0.6 is 0 Å².